The molecule has 2 aromatic rings. The van der Waals surface area contributed by atoms with Crippen molar-refractivity contribution in [2.24, 2.45) is 0 Å². The van der Waals surface area contributed by atoms with Crippen LogP contribution in [0.2, 0.25) is 0 Å². The summed E-state index contributed by atoms with van der Waals surface area (Å²) in [6.07, 6.45) is 0.561. The highest BCUT2D eigenvalue weighted by Crippen LogP contribution is 2.44. The zero-order chi connectivity index (χ0) is 23.1. The average molecular weight is 439 g/mol. The Labute approximate surface area is 188 Å². The molecule has 0 bridgehead atoms. The molecule has 170 valence electrons. The molecule has 2 amide bonds. The Morgan fingerprint density at radius 3 is 2.19 bits per heavy atom. The standard InChI is InChI=1S/C25H30N2O5/c1-3-27(15-9-8-14-23(28)29)24(30)17(2)26-25(31)32-16-22-20-12-6-4-10-18(20)19-11-5-7-13-21(19)22/h4-7,10-13,17,22H,3,8-9,14-16H2,1-2H3,(H,26,31)(H,28,29). The largest absolute Gasteiger partial charge is 0.481 e. The molecule has 1 unspecified atom stereocenters. The van der Waals surface area contributed by atoms with Gasteiger partial charge in [-0.05, 0) is 48.9 Å². The van der Waals surface area contributed by atoms with Gasteiger partial charge in [0.15, 0.2) is 0 Å². The summed E-state index contributed by atoms with van der Waals surface area (Å²) in [5, 5.41) is 11.4. The molecular weight excluding hydrogens is 408 g/mol. The number of likely N-dealkylation sites (N-methyl/N-ethyl adjacent to an activating group) is 1. The first-order valence-corrected chi connectivity index (χ1v) is 11.0. The maximum atomic E-state index is 12.7. The van der Waals surface area contributed by atoms with Crippen LogP contribution in [0, 0.1) is 0 Å². The van der Waals surface area contributed by atoms with Gasteiger partial charge in [-0.15, -0.1) is 0 Å². The number of alkyl carbamates (subject to hydrolysis) is 1. The van der Waals surface area contributed by atoms with E-state index in [0.29, 0.717) is 25.9 Å². The van der Waals surface area contributed by atoms with E-state index in [1.54, 1.807) is 11.8 Å². The van der Waals surface area contributed by atoms with Crippen LogP contribution in [-0.2, 0) is 14.3 Å². The number of ether oxygens (including phenoxy) is 1. The summed E-state index contributed by atoms with van der Waals surface area (Å²) in [5.74, 6) is -1.10. The molecule has 0 fully saturated rings. The van der Waals surface area contributed by atoms with Gasteiger partial charge in [-0.25, -0.2) is 4.79 Å². The molecule has 7 heteroatoms. The Kier molecular flexibility index (Phi) is 7.87. The van der Waals surface area contributed by atoms with Crippen LogP contribution in [0.1, 0.15) is 50.2 Å². The summed E-state index contributed by atoms with van der Waals surface area (Å²) in [7, 11) is 0. The maximum absolute atomic E-state index is 12.7. The van der Waals surface area contributed by atoms with Crippen molar-refractivity contribution in [3.05, 3.63) is 59.7 Å². The Balaban J connectivity index is 1.53. The third-order valence-corrected chi connectivity index (χ3v) is 5.81. The number of carbonyl (C=O) groups excluding carboxylic acids is 2. The molecule has 0 saturated heterocycles. The van der Waals surface area contributed by atoms with Gasteiger partial charge in [0.2, 0.25) is 5.91 Å². The third kappa shape index (κ3) is 5.46. The number of amides is 2. The van der Waals surface area contributed by atoms with E-state index in [1.807, 2.05) is 31.2 Å². The van der Waals surface area contributed by atoms with Crippen LogP contribution in [0.25, 0.3) is 11.1 Å². The minimum Gasteiger partial charge on any atom is -0.481 e. The van der Waals surface area contributed by atoms with Gasteiger partial charge in [-0.1, -0.05) is 48.5 Å². The smallest absolute Gasteiger partial charge is 0.407 e. The third-order valence-electron chi connectivity index (χ3n) is 5.81. The predicted molar refractivity (Wildman–Crippen MR) is 121 cm³/mol. The monoisotopic (exact) mass is 438 g/mol. The molecule has 2 aromatic carbocycles. The van der Waals surface area contributed by atoms with Gasteiger partial charge in [-0.2, -0.15) is 0 Å². The van der Waals surface area contributed by atoms with Crippen LogP contribution < -0.4 is 5.32 Å². The van der Waals surface area contributed by atoms with E-state index in [-0.39, 0.29) is 24.9 Å². The Bertz CT molecular complexity index is 929. The van der Waals surface area contributed by atoms with Crippen LogP contribution in [0.4, 0.5) is 4.79 Å². The molecule has 32 heavy (non-hydrogen) atoms. The van der Waals surface area contributed by atoms with E-state index >= 15 is 0 Å². The summed E-state index contributed by atoms with van der Waals surface area (Å²) >= 11 is 0. The Morgan fingerprint density at radius 2 is 1.62 bits per heavy atom. The Morgan fingerprint density at radius 1 is 1.03 bits per heavy atom. The van der Waals surface area contributed by atoms with Crippen molar-refractivity contribution in [2.75, 3.05) is 19.7 Å². The van der Waals surface area contributed by atoms with Gasteiger partial charge in [-0.3, -0.25) is 9.59 Å². The lowest BCUT2D eigenvalue weighted by Gasteiger charge is -2.25. The van der Waals surface area contributed by atoms with Crippen LogP contribution >= 0.6 is 0 Å². The van der Waals surface area contributed by atoms with Crippen molar-refractivity contribution >= 4 is 18.0 Å². The van der Waals surface area contributed by atoms with Crippen LogP contribution in [0.5, 0.6) is 0 Å². The van der Waals surface area contributed by atoms with Gasteiger partial charge in [0.25, 0.3) is 0 Å². The van der Waals surface area contributed by atoms with Crippen molar-refractivity contribution in [2.45, 2.75) is 45.1 Å². The van der Waals surface area contributed by atoms with Gasteiger partial charge >= 0.3 is 12.1 Å². The first kappa shape index (κ1) is 23.3. The molecule has 0 saturated carbocycles. The summed E-state index contributed by atoms with van der Waals surface area (Å²) < 4.78 is 5.51. The topological polar surface area (TPSA) is 95.9 Å². The maximum Gasteiger partial charge on any atom is 0.407 e. The number of aliphatic carboxylic acids is 1. The second kappa shape index (κ2) is 10.8. The molecule has 0 spiro atoms. The number of nitrogens with zero attached hydrogens (tertiary/aromatic N) is 1. The zero-order valence-electron chi connectivity index (χ0n) is 18.5. The van der Waals surface area contributed by atoms with Crippen LogP contribution in [-0.4, -0.2) is 53.7 Å². The molecular formula is C25H30N2O5. The molecule has 0 aromatic heterocycles. The number of carboxylic acids is 1. The van der Waals surface area contributed by atoms with Crippen molar-refractivity contribution in [3.8, 4) is 11.1 Å². The van der Waals surface area contributed by atoms with Gasteiger partial charge in [0.05, 0.1) is 0 Å². The highest BCUT2D eigenvalue weighted by Gasteiger charge is 2.29. The predicted octanol–water partition coefficient (Wildman–Crippen LogP) is 4.02. The first-order chi connectivity index (χ1) is 15.4. The second-order valence-corrected chi connectivity index (χ2v) is 7.96. The highest BCUT2D eigenvalue weighted by atomic mass is 16.5. The Hall–Kier alpha value is -3.35. The molecule has 1 atom stereocenters. The van der Waals surface area contributed by atoms with E-state index < -0.39 is 18.1 Å². The first-order valence-electron chi connectivity index (χ1n) is 11.0. The molecule has 1 aliphatic rings. The normalized spacial score (nSPS) is 13.1. The molecule has 1 aliphatic carbocycles. The second-order valence-electron chi connectivity index (χ2n) is 7.96. The number of nitrogens with one attached hydrogen (secondary N) is 1. The lowest BCUT2D eigenvalue weighted by Crippen LogP contribution is -2.47. The quantitative estimate of drug-likeness (QED) is 0.546. The summed E-state index contributed by atoms with van der Waals surface area (Å²) in [6.45, 7) is 4.62. The molecule has 0 heterocycles. The van der Waals surface area contributed by atoms with E-state index in [0.717, 1.165) is 22.3 Å². The minimum atomic E-state index is -0.843. The van der Waals surface area contributed by atoms with Gasteiger partial charge < -0.3 is 20.1 Å². The van der Waals surface area contributed by atoms with Crippen molar-refractivity contribution in [3.63, 3.8) is 0 Å². The van der Waals surface area contributed by atoms with E-state index in [1.165, 1.54) is 0 Å². The van der Waals surface area contributed by atoms with E-state index in [4.69, 9.17) is 9.84 Å². The number of carbonyl (C=O) groups is 3. The minimum absolute atomic E-state index is 0.0412. The van der Waals surface area contributed by atoms with E-state index in [9.17, 15) is 14.4 Å². The molecule has 7 nitrogen and oxygen atoms in total. The molecule has 3 rings (SSSR count). The lowest BCUT2D eigenvalue weighted by molar-refractivity contribution is -0.137. The number of fused-ring (bicyclic) bond motifs is 3. The van der Waals surface area contributed by atoms with Crippen molar-refractivity contribution in [1.29, 1.82) is 0 Å². The lowest BCUT2D eigenvalue weighted by atomic mass is 9.98. The number of hydrogen-bond acceptors (Lipinski definition) is 4. The van der Waals surface area contributed by atoms with E-state index in [2.05, 4.69) is 29.6 Å². The fraction of sp³-hybridized carbons (Fsp3) is 0.400. The zero-order valence-corrected chi connectivity index (χ0v) is 18.5. The summed E-state index contributed by atoms with van der Waals surface area (Å²) in [4.78, 5) is 37.3. The van der Waals surface area contributed by atoms with Crippen LogP contribution in [0.15, 0.2) is 48.5 Å². The average Bonchev–Trinajstić information content (AvgIpc) is 3.11. The molecule has 2 N–H and O–H groups in total. The van der Waals surface area contributed by atoms with Gasteiger partial charge in [0, 0.05) is 25.4 Å². The highest BCUT2D eigenvalue weighted by molar-refractivity contribution is 5.85. The molecule has 0 aliphatic heterocycles. The number of carboxylic acid groups (broad SMARTS) is 1. The number of rotatable bonds is 10. The fourth-order valence-corrected chi connectivity index (χ4v) is 4.16. The van der Waals surface area contributed by atoms with Crippen LogP contribution in [0.3, 0.4) is 0 Å². The number of benzene rings is 2. The van der Waals surface area contributed by atoms with Crippen molar-refractivity contribution in [1.82, 2.24) is 10.2 Å². The summed E-state index contributed by atoms with van der Waals surface area (Å²) in [5.41, 5.74) is 4.57. The number of unbranched alkanes of at least 4 members (excludes halogenated alkanes) is 1. The number of hydrogen-bond donors (Lipinski definition) is 2. The summed E-state index contributed by atoms with van der Waals surface area (Å²) in [6, 6.07) is 15.5. The molecule has 0 radical (unpaired) electrons. The van der Waals surface area contributed by atoms with Gasteiger partial charge in [0.1, 0.15) is 12.6 Å². The van der Waals surface area contributed by atoms with Crippen molar-refractivity contribution < 1.29 is 24.2 Å². The fourth-order valence-electron chi connectivity index (χ4n) is 4.16. The SMILES string of the molecule is CCN(CCCCC(=O)O)C(=O)C(C)NC(=O)OCC1c2ccccc2-c2ccccc21.